The first-order chi connectivity index (χ1) is 9.93. The summed E-state index contributed by atoms with van der Waals surface area (Å²) >= 11 is 12.0. The van der Waals surface area contributed by atoms with Gasteiger partial charge in [-0.1, -0.05) is 54.4 Å². The van der Waals surface area contributed by atoms with Crippen molar-refractivity contribution in [3.8, 4) is 0 Å². The highest BCUT2D eigenvalue weighted by Crippen LogP contribution is 2.27. The predicted molar refractivity (Wildman–Crippen MR) is 88.5 cm³/mol. The summed E-state index contributed by atoms with van der Waals surface area (Å²) in [5.74, 6) is -0.260. The Morgan fingerprint density at radius 1 is 1.00 bits per heavy atom. The lowest BCUT2D eigenvalue weighted by molar-refractivity contribution is 0.600. The molecule has 3 nitrogen and oxygen atoms in total. The fourth-order valence-electron chi connectivity index (χ4n) is 1.99. The van der Waals surface area contributed by atoms with Crippen LogP contribution in [0.5, 0.6) is 0 Å². The maximum absolute atomic E-state index is 12.3. The topological polar surface area (TPSA) is 46.2 Å². The summed E-state index contributed by atoms with van der Waals surface area (Å²) < 4.78 is 27.2. The van der Waals surface area contributed by atoms with Crippen LogP contribution < -0.4 is 4.72 Å². The number of rotatable bonds is 5. The molecular weight excluding hydrogens is 329 g/mol. The van der Waals surface area contributed by atoms with Crippen LogP contribution in [0.3, 0.4) is 0 Å². The van der Waals surface area contributed by atoms with Crippen LogP contribution >= 0.6 is 23.2 Å². The molecule has 0 unspecified atom stereocenters. The first kappa shape index (κ1) is 16.1. The van der Waals surface area contributed by atoms with Crippen molar-refractivity contribution in [1.82, 2.24) is 0 Å². The van der Waals surface area contributed by atoms with E-state index in [9.17, 15) is 8.42 Å². The molecule has 0 aliphatic heterocycles. The maximum Gasteiger partial charge on any atom is 0.237 e. The number of benzene rings is 2. The number of hydrogen-bond donors (Lipinski definition) is 1. The highest BCUT2D eigenvalue weighted by Gasteiger charge is 2.17. The number of nitrogens with one attached hydrogen (secondary N) is 1. The van der Waals surface area contributed by atoms with Crippen LogP contribution in [0, 0.1) is 0 Å². The summed E-state index contributed by atoms with van der Waals surface area (Å²) in [5.41, 5.74) is 1.93. The smallest absolute Gasteiger partial charge is 0.237 e. The fourth-order valence-corrected chi connectivity index (χ4v) is 3.98. The SMILES string of the molecule is CCc1ccccc1NS(=O)(=O)Cc1c(Cl)cccc1Cl. The Bertz CT molecular complexity index is 725. The molecule has 1 N–H and O–H groups in total. The van der Waals surface area contributed by atoms with Gasteiger partial charge in [0.05, 0.1) is 11.4 Å². The third-order valence-electron chi connectivity index (χ3n) is 3.06. The minimum atomic E-state index is -3.58. The Morgan fingerprint density at radius 2 is 1.62 bits per heavy atom. The average molecular weight is 344 g/mol. The van der Waals surface area contributed by atoms with E-state index in [1.807, 2.05) is 19.1 Å². The summed E-state index contributed by atoms with van der Waals surface area (Å²) in [4.78, 5) is 0. The van der Waals surface area contributed by atoms with Gasteiger partial charge in [-0.15, -0.1) is 0 Å². The summed E-state index contributed by atoms with van der Waals surface area (Å²) in [6.07, 6.45) is 0.742. The number of hydrogen-bond acceptors (Lipinski definition) is 2. The number of aryl methyl sites for hydroxylation is 1. The van der Waals surface area contributed by atoms with E-state index in [0.29, 0.717) is 21.3 Å². The molecule has 0 atom stereocenters. The Hall–Kier alpha value is -1.23. The van der Waals surface area contributed by atoms with Gasteiger partial charge in [0.2, 0.25) is 10.0 Å². The van der Waals surface area contributed by atoms with Gasteiger partial charge in [-0.3, -0.25) is 4.72 Å². The molecule has 0 radical (unpaired) electrons. The minimum Gasteiger partial charge on any atom is -0.283 e. The van der Waals surface area contributed by atoms with Crippen LogP contribution in [0.4, 0.5) is 5.69 Å². The van der Waals surface area contributed by atoms with Crippen molar-refractivity contribution in [2.45, 2.75) is 19.1 Å². The summed E-state index contributed by atoms with van der Waals surface area (Å²) in [6, 6.07) is 12.2. The normalized spacial score (nSPS) is 11.4. The van der Waals surface area contributed by atoms with Gasteiger partial charge < -0.3 is 0 Å². The van der Waals surface area contributed by atoms with Crippen LogP contribution in [0.15, 0.2) is 42.5 Å². The van der Waals surface area contributed by atoms with E-state index in [1.165, 1.54) is 0 Å². The number of para-hydroxylation sites is 1. The van der Waals surface area contributed by atoms with Crippen LogP contribution in [0.2, 0.25) is 10.0 Å². The molecule has 21 heavy (non-hydrogen) atoms. The molecule has 112 valence electrons. The van der Waals surface area contributed by atoms with Gasteiger partial charge in [0.15, 0.2) is 0 Å². The molecule has 0 fully saturated rings. The Balaban J connectivity index is 2.27. The third-order valence-corrected chi connectivity index (χ3v) is 4.97. The lowest BCUT2D eigenvalue weighted by Gasteiger charge is -2.13. The van der Waals surface area contributed by atoms with Crippen molar-refractivity contribution in [1.29, 1.82) is 0 Å². The van der Waals surface area contributed by atoms with Crippen molar-refractivity contribution in [2.75, 3.05) is 4.72 Å². The number of halogens is 2. The quantitative estimate of drug-likeness (QED) is 0.868. The monoisotopic (exact) mass is 343 g/mol. The zero-order chi connectivity index (χ0) is 15.5. The Kier molecular flexibility index (Phi) is 5.14. The average Bonchev–Trinajstić information content (AvgIpc) is 2.43. The van der Waals surface area contributed by atoms with E-state index < -0.39 is 10.0 Å². The minimum absolute atomic E-state index is 0.260. The van der Waals surface area contributed by atoms with Crippen LogP contribution in [0.1, 0.15) is 18.1 Å². The predicted octanol–water partition coefficient (Wildman–Crippen LogP) is 4.50. The van der Waals surface area contributed by atoms with Crippen LogP contribution in [-0.2, 0) is 22.2 Å². The first-order valence-corrected chi connectivity index (χ1v) is 8.85. The number of anilines is 1. The van der Waals surface area contributed by atoms with Crippen molar-refractivity contribution < 1.29 is 8.42 Å². The summed E-state index contributed by atoms with van der Waals surface area (Å²) in [5, 5.41) is 0.688. The van der Waals surface area contributed by atoms with E-state index >= 15 is 0 Å². The standard InChI is InChI=1S/C15H15Cl2NO2S/c1-2-11-6-3-4-9-15(11)18-21(19,20)10-12-13(16)7-5-8-14(12)17/h3-9,18H,2,10H2,1H3. The molecule has 0 amide bonds. The molecule has 2 aromatic carbocycles. The molecule has 0 heterocycles. The molecule has 0 aliphatic rings. The molecule has 6 heteroatoms. The molecule has 0 bridgehead atoms. The van der Waals surface area contributed by atoms with Gasteiger partial charge >= 0.3 is 0 Å². The second-order valence-electron chi connectivity index (χ2n) is 4.57. The van der Waals surface area contributed by atoms with Gasteiger partial charge in [0, 0.05) is 15.6 Å². The Labute approximate surface area is 135 Å². The molecule has 2 rings (SSSR count). The molecule has 0 saturated carbocycles. The van der Waals surface area contributed by atoms with Crippen molar-refractivity contribution in [2.24, 2.45) is 0 Å². The summed E-state index contributed by atoms with van der Waals surface area (Å²) in [7, 11) is -3.58. The van der Waals surface area contributed by atoms with E-state index in [1.54, 1.807) is 30.3 Å². The molecule has 0 aromatic heterocycles. The first-order valence-electron chi connectivity index (χ1n) is 6.44. The molecular formula is C15H15Cl2NO2S. The number of sulfonamides is 1. The maximum atomic E-state index is 12.3. The van der Waals surface area contributed by atoms with E-state index in [-0.39, 0.29) is 5.75 Å². The van der Waals surface area contributed by atoms with E-state index in [4.69, 9.17) is 23.2 Å². The molecule has 0 saturated heterocycles. The second kappa shape index (κ2) is 6.69. The highest BCUT2D eigenvalue weighted by molar-refractivity contribution is 7.91. The van der Waals surface area contributed by atoms with Gasteiger partial charge in [0.25, 0.3) is 0 Å². The van der Waals surface area contributed by atoms with Gasteiger partial charge in [0.1, 0.15) is 0 Å². The lowest BCUT2D eigenvalue weighted by atomic mass is 10.1. The Morgan fingerprint density at radius 3 is 2.24 bits per heavy atom. The van der Waals surface area contributed by atoms with E-state index in [0.717, 1.165) is 12.0 Å². The van der Waals surface area contributed by atoms with Crippen LogP contribution in [-0.4, -0.2) is 8.42 Å². The third kappa shape index (κ3) is 4.13. The second-order valence-corrected chi connectivity index (χ2v) is 7.11. The summed E-state index contributed by atoms with van der Waals surface area (Å²) in [6.45, 7) is 1.97. The molecule has 0 aliphatic carbocycles. The van der Waals surface area contributed by atoms with Gasteiger partial charge in [-0.25, -0.2) is 8.42 Å². The van der Waals surface area contributed by atoms with Crippen LogP contribution in [0.25, 0.3) is 0 Å². The van der Waals surface area contributed by atoms with Gasteiger partial charge in [-0.2, -0.15) is 0 Å². The van der Waals surface area contributed by atoms with E-state index in [2.05, 4.69) is 4.72 Å². The van der Waals surface area contributed by atoms with Crippen molar-refractivity contribution >= 4 is 38.9 Å². The largest absolute Gasteiger partial charge is 0.283 e. The van der Waals surface area contributed by atoms with Gasteiger partial charge in [-0.05, 0) is 30.2 Å². The fraction of sp³-hybridized carbons (Fsp3) is 0.200. The zero-order valence-corrected chi connectivity index (χ0v) is 13.8. The zero-order valence-electron chi connectivity index (χ0n) is 11.4. The van der Waals surface area contributed by atoms with Crippen molar-refractivity contribution in [3.63, 3.8) is 0 Å². The molecule has 0 spiro atoms. The highest BCUT2D eigenvalue weighted by atomic mass is 35.5. The molecule has 2 aromatic rings. The van der Waals surface area contributed by atoms with Crippen molar-refractivity contribution in [3.05, 3.63) is 63.6 Å². The lowest BCUT2D eigenvalue weighted by Crippen LogP contribution is -2.16.